The van der Waals surface area contributed by atoms with Crippen LogP contribution in [-0.4, -0.2) is 26.5 Å². The largest absolute Gasteiger partial charge is 0.833 e. The van der Waals surface area contributed by atoms with E-state index in [0.717, 1.165) is 0 Å². The highest BCUT2D eigenvalue weighted by Crippen LogP contribution is 2.02. The van der Waals surface area contributed by atoms with Gasteiger partial charge in [-0.05, 0) is 32.7 Å². The van der Waals surface area contributed by atoms with E-state index in [2.05, 4.69) is 9.15 Å². The van der Waals surface area contributed by atoms with Crippen LogP contribution >= 0.6 is 0 Å². The average Bonchev–Trinajstić information content (AvgIpc) is 1.95. The predicted molar refractivity (Wildman–Crippen MR) is 51.6 cm³/mol. The zero-order valence-electron chi connectivity index (χ0n) is 8.54. The summed E-state index contributed by atoms with van der Waals surface area (Å²) in [5.41, 5.74) is 0. The standard InChI is InChI=1S/C5H15O5Si3/c1-11(2)7-8-12(6)9-10-13(3,4)5/h1-5H3. The lowest BCUT2D eigenvalue weighted by atomic mass is 11.8. The van der Waals surface area contributed by atoms with Gasteiger partial charge >= 0.3 is 9.17 Å². The molecule has 0 saturated heterocycles. The zero-order chi connectivity index (χ0) is 10.5. The van der Waals surface area contributed by atoms with Crippen LogP contribution in [0.25, 0.3) is 0 Å². The van der Waals surface area contributed by atoms with Gasteiger partial charge in [-0.15, -0.1) is 0 Å². The van der Waals surface area contributed by atoms with Crippen molar-refractivity contribution in [2.75, 3.05) is 0 Å². The molecule has 0 bridgehead atoms. The second-order valence-electron chi connectivity index (χ2n) is 3.60. The van der Waals surface area contributed by atoms with Crippen LogP contribution in [0.2, 0.25) is 32.7 Å². The summed E-state index contributed by atoms with van der Waals surface area (Å²) in [5, 5.41) is 0. The van der Waals surface area contributed by atoms with Gasteiger partial charge in [-0.2, -0.15) is 0 Å². The van der Waals surface area contributed by atoms with Crippen LogP contribution in [0.1, 0.15) is 0 Å². The molecule has 0 aromatic carbocycles. The summed E-state index contributed by atoms with van der Waals surface area (Å²) in [6, 6.07) is 0. The van der Waals surface area contributed by atoms with Crippen molar-refractivity contribution in [1.82, 2.24) is 0 Å². The quantitative estimate of drug-likeness (QED) is 0.398. The van der Waals surface area contributed by atoms with Crippen LogP contribution < -0.4 is 0 Å². The topological polar surface area (TPSA) is 54.0 Å². The minimum atomic E-state index is -2.65. The van der Waals surface area contributed by atoms with E-state index < -0.39 is 26.5 Å². The summed E-state index contributed by atoms with van der Waals surface area (Å²) in [4.78, 5) is 0. The Labute approximate surface area is 82.6 Å². The van der Waals surface area contributed by atoms with Gasteiger partial charge in [0.25, 0.3) is 9.04 Å². The van der Waals surface area contributed by atoms with Crippen molar-refractivity contribution >= 4 is 26.5 Å². The first-order chi connectivity index (χ1) is 5.81. The van der Waals surface area contributed by atoms with Gasteiger partial charge in [0.05, 0.1) is 0 Å². The maximum absolute atomic E-state index is 10.9. The van der Waals surface area contributed by atoms with E-state index >= 15 is 0 Å². The van der Waals surface area contributed by atoms with Crippen molar-refractivity contribution in [2.24, 2.45) is 0 Å². The molecule has 8 heteroatoms. The molecule has 0 aliphatic heterocycles. The van der Waals surface area contributed by atoms with Gasteiger partial charge in [0.15, 0.2) is 0 Å². The van der Waals surface area contributed by atoms with Crippen molar-refractivity contribution in [1.29, 1.82) is 0 Å². The molecular formula is C5H15O5Si3. The Morgan fingerprint density at radius 1 is 1.00 bits per heavy atom. The van der Waals surface area contributed by atoms with Crippen LogP contribution in [0.3, 0.4) is 0 Å². The van der Waals surface area contributed by atoms with E-state index in [4.69, 9.17) is 9.15 Å². The summed E-state index contributed by atoms with van der Waals surface area (Å²) in [6.45, 7) is 9.46. The third-order valence-electron chi connectivity index (χ3n) is 0.636. The highest BCUT2D eigenvalue weighted by molar-refractivity contribution is 6.69. The van der Waals surface area contributed by atoms with Crippen molar-refractivity contribution in [3.8, 4) is 0 Å². The fourth-order valence-corrected chi connectivity index (χ4v) is 2.53. The maximum Gasteiger partial charge on any atom is 0.833 e. The molecule has 0 aliphatic rings. The molecule has 5 nitrogen and oxygen atoms in total. The Bertz CT molecular complexity index is 166. The molecular weight excluding hydrogens is 224 g/mol. The van der Waals surface area contributed by atoms with E-state index in [9.17, 15) is 4.46 Å². The third-order valence-corrected chi connectivity index (χ3v) is 2.41. The summed E-state index contributed by atoms with van der Waals surface area (Å²) in [7, 11) is -5.46. The Morgan fingerprint density at radius 2 is 1.54 bits per heavy atom. The molecule has 0 saturated carbocycles. The van der Waals surface area contributed by atoms with Crippen molar-refractivity contribution in [3.05, 3.63) is 0 Å². The van der Waals surface area contributed by atoms with Gasteiger partial charge in [-0.3, -0.25) is 13.6 Å². The molecule has 0 rings (SSSR count). The third kappa shape index (κ3) is 9.89. The van der Waals surface area contributed by atoms with E-state index in [1.54, 1.807) is 0 Å². The average molecular weight is 239 g/mol. The lowest BCUT2D eigenvalue weighted by molar-refractivity contribution is -0.202. The van der Waals surface area contributed by atoms with Gasteiger partial charge in [-0.25, -0.2) is 0 Å². The Kier molecular flexibility index (Phi) is 5.64. The highest BCUT2D eigenvalue weighted by atomic mass is 28.4. The lowest BCUT2D eigenvalue weighted by Gasteiger charge is -2.14. The van der Waals surface area contributed by atoms with Gasteiger partial charge < -0.3 is 9.15 Å². The molecule has 0 amide bonds. The van der Waals surface area contributed by atoms with Crippen molar-refractivity contribution < 1.29 is 22.8 Å². The smallest absolute Gasteiger partial charge is 0.339 e. The lowest BCUT2D eigenvalue weighted by Crippen LogP contribution is -2.29. The zero-order valence-corrected chi connectivity index (χ0v) is 11.5. The first kappa shape index (κ1) is 13.0. The maximum atomic E-state index is 10.9. The van der Waals surface area contributed by atoms with Crippen LogP contribution in [0.4, 0.5) is 0 Å². The van der Waals surface area contributed by atoms with E-state index in [-0.39, 0.29) is 0 Å². The fraction of sp³-hybridized carbons (Fsp3) is 1.00. The monoisotopic (exact) mass is 239 g/mol. The molecule has 13 heavy (non-hydrogen) atoms. The first-order valence-corrected chi connectivity index (χ1v) is 10.9. The molecule has 0 fully saturated rings. The molecule has 1 radical (unpaired) electrons. The summed E-state index contributed by atoms with van der Waals surface area (Å²) in [5.74, 6) is 0. The summed E-state index contributed by atoms with van der Waals surface area (Å²) >= 11 is 0. The Morgan fingerprint density at radius 3 is 1.92 bits per heavy atom. The normalized spacial score (nSPS) is 11.5. The second kappa shape index (κ2) is 5.65. The van der Waals surface area contributed by atoms with Crippen LogP contribution in [-0.2, 0) is 22.8 Å². The van der Waals surface area contributed by atoms with Gasteiger partial charge in [0.2, 0.25) is 8.32 Å². The molecule has 0 aromatic heterocycles. The molecule has 0 heterocycles. The first-order valence-electron chi connectivity index (χ1n) is 3.85. The van der Waals surface area contributed by atoms with Crippen LogP contribution in [0.15, 0.2) is 0 Å². The minimum absolute atomic E-state index is 1.00. The van der Waals surface area contributed by atoms with Crippen LogP contribution in [0.5, 0.6) is 0 Å². The van der Waals surface area contributed by atoms with Crippen molar-refractivity contribution in [3.63, 3.8) is 0 Å². The SMILES string of the molecule is C[Si](C)OO[Si](=O)OO[Si](C)(C)C. The Balaban J connectivity index is 3.53. The summed E-state index contributed by atoms with van der Waals surface area (Å²) < 4.78 is 29.5. The van der Waals surface area contributed by atoms with Gasteiger partial charge in [0.1, 0.15) is 0 Å². The molecule has 0 spiro atoms. The van der Waals surface area contributed by atoms with E-state index in [1.807, 2.05) is 32.7 Å². The molecule has 0 aromatic rings. The molecule has 0 aliphatic carbocycles. The molecule has 77 valence electrons. The van der Waals surface area contributed by atoms with Gasteiger partial charge in [0, 0.05) is 0 Å². The highest BCUT2D eigenvalue weighted by Gasteiger charge is 2.23. The number of hydrogen-bond donors (Lipinski definition) is 0. The molecule has 0 N–H and O–H groups in total. The molecule has 0 unspecified atom stereocenters. The second-order valence-corrected chi connectivity index (χ2v) is 10.8. The van der Waals surface area contributed by atoms with Crippen LogP contribution in [0, 0.1) is 0 Å². The number of rotatable bonds is 6. The van der Waals surface area contributed by atoms with Crippen molar-refractivity contribution in [2.45, 2.75) is 32.7 Å². The Hall–Kier alpha value is -0.0294. The van der Waals surface area contributed by atoms with E-state index in [0.29, 0.717) is 0 Å². The minimum Gasteiger partial charge on any atom is -0.339 e. The molecule has 0 atom stereocenters. The number of hydrogen-bond acceptors (Lipinski definition) is 5. The predicted octanol–water partition coefficient (Wildman–Crippen LogP) is 1.38. The van der Waals surface area contributed by atoms with E-state index in [1.165, 1.54) is 0 Å². The fourth-order valence-electron chi connectivity index (χ4n) is 0.290. The summed E-state index contributed by atoms with van der Waals surface area (Å²) in [6.07, 6.45) is 0. The van der Waals surface area contributed by atoms with Gasteiger partial charge in [-0.1, -0.05) is 0 Å².